The molecule has 2 N–H and O–H groups in total. The van der Waals surface area contributed by atoms with Gasteiger partial charge < -0.3 is 10.4 Å². The maximum atomic E-state index is 11.8. The van der Waals surface area contributed by atoms with E-state index in [1.165, 1.54) is 0 Å². The van der Waals surface area contributed by atoms with Crippen molar-refractivity contribution in [3.8, 4) is 0 Å². The van der Waals surface area contributed by atoms with E-state index in [1.807, 2.05) is 6.92 Å². The van der Waals surface area contributed by atoms with Crippen molar-refractivity contribution >= 4 is 23.5 Å². The van der Waals surface area contributed by atoms with Crippen molar-refractivity contribution < 1.29 is 14.7 Å². The van der Waals surface area contributed by atoms with E-state index in [2.05, 4.69) is 5.32 Å². The van der Waals surface area contributed by atoms with Crippen LogP contribution in [0.25, 0.3) is 0 Å². The van der Waals surface area contributed by atoms with Crippen molar-refractivity contribution in [3.63, 3.8) is 0 Å². The molecular formula is C12H14ClNO3. The minimum atomic E-state index is -1.05. The summed E-state index contributed by atoms with van der Waals surface area (Å²) >= 11 is 5.92. The van der Waals surface area contributed by atoms with Gasteiger partial charge >= 0.3 is 5.97 Å². The van der Waals surface area contributed by atoms with Crippen LogP contribution < -0.4 is 5.32 Å². The molecule has 1 aromatic rings. The van der Waals surface area contributed by atoms with Gasteiger partial charge in [-0.05, 0) is 31.0 Å². The number of carbonyl (C=O) groups excluding carboxylic acids is 1. The molecule has 0 aliphatic carbocycles. The highest BCUT2D eigenvalue weighted by Gasteiger charge is 2.19. The number of carboxylic acids is 1. The Labute approximate surface area is 105 Å². The van der Waals surface area contributed by atoms with Gasteiger partial charge in [0.25, 0.3) is 5.91 Å². The van der Waals surface area contributed by atoms with Gasteiger partial charge in [0.05, 0.1) is 10.6 Å². The largest absolute Gasteiger partial charge is 0.480 e. The average molecular weight is 256 g/mol. The molecule has 92 valence electrons. The van der Waals surface area contributed by atoms with Crippen molar-refractivity contribution in [3.05, 3.63) is 34.3 Å². The predicted molar refractivity (Wildman–Crippen MR) is 65.4 cm³/mol. The van der Waals surface area contributed by atoms with Crippen LogP contribution in [0.2, 0.25) is 5.02 Å². The lowest BCUT2D eigenvalue weighted by Gasteiger charge is -2.13. The smallest absolute Gasteiger partial charge is 0.326 e. The third-order valence-electron chi connectivity index (χ3n) is 2.38. The van der Waals surface area contributed by atoms with Crippen molar-refractivity contribution in [2.45, 2.75) is 26.3 Å². The van der Waals surface area contributed by atoms with Crippen LogP contribution in [0.1, 0.15) is 29.3 Å². The summed E-state index contributed by atoms with van der Waals surface area (Å²) in [5, 5.41) is 11.6. The molecule has 0 radical (unpaired) electrons. The summed E-state index contributed by atoms with van der Waals surface area (Å²) < 4.78 is 0. The van der Waals surface area contributed by atoms with Crippen LogP contribution in [0, 0.1) is 6.92 Å². The van der Waals surface area contributed by atoms with E-state index in [-0.39, 0.29) is 5.56 Å². The fourth-order valence-electron chi connectivity index (χ4n) is 1.38. The van der Waals surface area contributed by atoms with Crippen LogP contribution in [-0.2, 0) is 4.79 Å². The van der Waals surface area contributed by atoms with Gasteiger partial charge in [0, 0.05) is 0 Å². The Balaban J connectivity index is 2.86. The first-order chi connectivity index (χ1) is 7.95. The van der Waals surface area contributed by atoms with Crippen LogP contribution in [0.15, 0.2) is 18.2 Å². The first kappa shape index (κ1) is 13.5. The number of hydrogen-bond donors (Lipinski definition) is 2. The Bertz CT molecular complexity index is 445. The molecule has 0 bridgehead atoms. The number of rotatable bonds is 4. The fraction of sp³-hybridized carbons (Fsp3) is 0.333. The molecule has 1 amide bonds. The van der Waals surface area contributed by atoms with Gasteiger partial charge in [0.1, 0.15) is 6.04 Å². The molecule has 0 saturated heterocycles. The van der Waals surface area contributed by atoms with E-state index in [1.54, 1.807) is 25.1 Å². The molecule has 0 spiro atoms. The third kappa shape index (κ3) is 3.46. The first-order valence-corrected chi connectivity index (χ1v) is 5.63. The minimum absolute atomic E-state index is 0.289. The number of amides is 1. The molecule has 0 fully saturated rings. The Morgan fingerprint density at radius 1 is 1.47 bits per heavy atom. The maximum Gasteiger partial charge on any atom is 0.326 e. The molecule has 1 atom stereocenters. The molecule has 5 heteroatoms. The van der Waals surface area contributed by atoms with Gasteiger partial charge in [-0.25, -0.2) is 4.79 Å². The van der Waals surface area contributed by atoms with Crippen molar-refractivity contribution in [1.29, 1.82) is 0 Å². The second-order valence-electron chi connectivity index (χ2n) is 3.76. The lowest BCUT2D eigenvalue weighted by atomic mass is 10.1. The zero-order valence-electron chi connectivity index (χ0n) is 9.66. The van der Waals surface area contributed by atoms with Crippen LogP contribution in [0.5, 0.6) is 0 Å². The molecule has 0 unspecified atom stereocenters. The molecule has 0 aliphatic rings. The predicted octanol–water partition coefficient (Wildman–Crippen LogP) is 2.24. The van der Waals surface area contributed by atoms with Crippen molar-refractivity contribution in [2.75, 3.05) is 0 Å². The Kier molecular flexibility index (Phi) is 4.52. The number of aliphatic carboxylic acids is 1. The van der Waals surface area contributed by atoms with E-state index in [9.17, 15) is 9.59 Å². The lowest BCUT2D eigenvalue weighted by Crippen LogP contribution is -2.40. The monoisotopic (exact) mass is 255 g/mol. The fourth-order valence-corrected chi connectivity index (χ4v) is 1.70. The number of carbonyl (C=O) groups is 2. The lowest BCUT2D eigenvalue weighted by molar-refractivity contribution is -0.139. The van der Waals surface area contributed by atoms with E-state index in [4.69, 9.17) is 16.7 Å². The Morgan fingerprint density at radius 3 is 2.59 bits per heavy atom. The highest BCUT2D eigenvalue weighted by molar-refractivity contribution is 6.33. The number of hydrogen-bond acceptors (Lipinski definition) is 2. The highest BCUT2D eigenvalue weighted by Crippen LogP contribution is 2.17. The summed E-state index contributed by atoms with van der Waals surface area (Å²) in [6.45, 7) is 3.55. The molecule has 4 nitrogen and oxygen atoms in total. The molecule has 0 heterocycles. The number of benzene rings is 1. The van der Waals surface area contributed by atoms with Gasteiger partial charge in [-0.2, -0.15) is 0 Å². The van der Waals surface area contributed by atoms with E-state index in [0.29, 0.717) is 11.4 Å². The Morgan fingerprint density at radius 2 is 2.12 bits per heavy atom. The van der Waals surface area contributed by atoms with Crippen LogP contribution in [-0.4, -0.2) is 23.0 Å². The van der Waals surface area contributed by atoms with Gasteiger partial charge in [-0.3, -0.25) is 4.79 Å². The van der Waals surface area contributed by atoms with E-state index in [0.717, 1.165) is 5.56 Å². The molecule has 1 aromatic carbocycles. The molecule has 1 rings (SSSR count). The third-order valence-corrected chi connectivity index (χ3v) is 2.69. The van der Waals surface area contributed by atoms with Crippen LogP contribution in [0.3, 0.4) is 0 Å². The van der Waals surface area contributed by atoms with E-state index >= 15 is 0 Å². The van der Waals surface area contributed by atoms with E-state index < -0.39 is 17.9 Å². The standard InChI is InChI=1S/C12H14ClNO3/c1-3-10(12(16)17)14-11(15)8-5-4-7(2)6-9(8)13/h4-6,10H,3H2,1-2H3,(H,14,15)(H,16,17)/t10-/m1/s1. The van der Waals surface area contributed by atoms with Crippen LogP contribution in [0.4, 0.5) is 0 Å². The zero-order valence-corrected chi connectivity index (χ0v) is 10.4. The summed E-state index contributed by atoms with van der Waals surface area (Å²) in [7, 11) is 0. The second kappa shape index (κ2) is 5.68. The summed E-state index contributed by atoms with van der Waals surface area (Å²) in [5.41, 5.74) is 1.23. The topological polar surface area (TPSA) is 66.4 Å². The minimum Gasteiger partial charge on any atom is -0.480 e. The number of carboxylic acid groups (broad SMARTS) is 1. The highest BCUT2D eigenvalue weighted by atomic mass is 35.5. The number of halogens is 1. The van der Waals surface area contributed by atoms with Gasteiger partial charge in [0.15, 0.2) is 0 Å². The maximum absolute atomic E-state index is 11.8. The van der Waals surface area contributed by atoms with Gasteiger partial charge in [-0.15, -0.1) is 0 Å². The summed E-state index contributed by atoms with van der Waals surface area (Å²) in [5.74, 6) is -1.52. The molecular weight excluding hydrogens is 242 g/mol. The molecule has 0 saturated carbocycles. The zero-order chi connectivity index (χ0) is 13.0. The summed E-state index contributed by atoms with van der Waals surface area (Å²) in [6, 6.07) is 4.11. The van der Waals surface area contributed by atoms with Gasteiger partial charge in [-0.1, -0.05) is 24.6 Å². The molecule has 0 aliphatic heterocycles. The average Bonchev–Trinajstić information content (AvgIpc) is 2.24. The summed E-state index contributed by atoms with van der Waals surface area (Å²) in [6.07, 6.45) is 0.324. The van der Waals surface area contributed by atoms with Crippen molar-refractivity contribution in [1.82, 2.24) is 5.32 Å². The summed E-state index contributed by atoms with van der Waals surface area (Å²) in [4.78, 5) is 22.6. The second-order valence-corrected chi connectivity index (χ2v) is 4.16. The molecule has 0 aromatic heterocycles. The number of aryl methyl sites for hydroxylation is 1. The quantitative estimate of drug-likeness (QED) is 0.867. The van der Waals surface area contributed by atoms with Crippen LogP contribution >= 0.6 is 11.6 Å². The molecule has 17 heavy (non-hydrogen) atoms. The SMILES string of the molecule is CC[C@@H](NC(=O)c1ccc(C)cc1Cl)C(=O)O. The number of nitrogens with one attached hydrogen (secondary N) is 1. The Hall–Kier alpha value is -1.55. The van der Waals surface area contributed by atoms with Gasteiger partial charge in [0.2, 0.25) is 0 Å². The normalized spacial score (nSPS) is 11.9. The first-order valence-electron chi connectivity index (χ1n) is 5.25. The van der Waals surface area contributed by atoms with Crippen molar-refractivity contribution in [2.24, 2.45) is 0 Å².